The fraction of sp³-hybridized carbons (Fsp3) is 0.267. The summed E-state index contributed by atoms with van der Waals surface area (Å²) in [6.07, 6.45) is 2.22. The summed E-state index contributed by atoms with van der Waals surface area (Å²) < 4.78 is 15.9. The van der Waals surface area contributed by atoms with Crippen LogP contribution in [0.25, 0.3) is 0 Å². The summed E-state index contributed by atoms with van der Waals surface area (Å²) in [5.41, 5.74) is -0.329. The summed E-state index contributed by atoms with van der Waals surface area (Å²) >= 11 is 0. The number of nitriles is 1. The zero-order valence-electron chi connectivity index (χ0n) is 11.5. The zero-order chi connectivity index (χ0) is 15.4. The molecule has 0 saturated heterocycles. The number of nitrogens with zero attached hydrogens (tertiary/aromatic N) is 3. The van der Waals surface area contributed by atoms with Crippen LogP contribution in [0, 0.1) is 17.1 Å². The van der Waals surface area contributed by atoms with Crippen molar-refractivity contribution in [1.82, 2.24) is 9.13 Å². The summed E-state index contributed by atoms with van der Waals surface area (Å²) in [6.45, 7) is 2.37. The first kappa shape index (κ1) is 14.7. The predicted molar refractivity (Wildman–Crippen MR) is 75.5 cm³/mol. The average Bonchev–Trinajstić information content (AvgIpc) is 2.46. The van der Waals surface area contributed by atoms with Crippen molar-refractivity contribution >= 4 is 0 Å². The van der Waals surface area contributed by atoms with E-state index >= 15 is 0 Å². The van der Waals surface area contributed by atoms with E-state index < -0.39 is 17.1 Å². The van der Waals surface area contributed by atoms with Crippen molar-refractivity contribution in [1.29, 1.82) is 5.26 Å². The van der Waals surface area contributed by atoms with E-state index in [2.05, 4.69) is 0 Å². The molecule has 0 amide bonds. The molecule has 0 aliphatic rings. The zero-order valence-corrected chi connectivity index (χ0v) is 11.5. The number of hydrogen-bond acceptors (Lipinski definition) is 3. The Balaban J connectivity index is 2.47. The van der Waals surface area contributed by atoms with Crippen molar-refractivity contribution in [2.45, 2.75) is 26.4 Å². The van der Waals surface area contributed by atoms with Crippen molar-refractivity contribution < 1.29 is 4.39 Å². The first-order chi connectivity index (χ1) is 10.0. The van der Waals surface area contributed by atoms with Gasteiger partial charge in [-0.25, -0.2) is 9.18 Å². The van der Waals surface area contributed by atoms with E-state index in [0.717, 1.165) is 17.1 Å². The van der Waals surface area contributed by atoms with Crippen LogP contribution in [-0.4, -0.2) is 9.13 Å². The SMILES string of the molecule is CCCn1ccc(=O)n(Cc2cc(F)cc(C#N)c2)c1=O. The molecule has 108 valence electrons. The van der Waals surface area contributed by atoms with Crippen molar-refractivity contribution in [3.63, 3.8) is 0 Å². The van der Waals surface area contributed by atoms with Gasteiger partial charge in [-0.1, -0.05) is 6.92 Å². The minimum atomic E-state index is -0.568. The van der Waals surface area contributed by atoms with Crippen LogP contribution in [0.2, 0.25) is 0 Å². The van der Waals surface area contributed by atoms with E-state index in [9.17, 15) is 14.0 Å². The highest BCUT2D eigenvalue weighted by molar-refractivity contribution is 5.33. The molecule has 0 N–H and O–H groups in total. The lowest BCUT2D eigenvalue weighted by molar-refractivity contribution is 0.568. The first-order valence-corrected chi connectivity index (χ1v) is 6.55. The largest absolute Gasteiger partial charge is 0.331 e. The molecule has 1 heterocycles. The van der Waals surface area contributed by atoms with E-state index in [1.54, 1.807) is 0 Å². The van der Waals surface area contributed by atoms with Gasteiger partial charge in [-0.15, -0.1) is 0 Å². The number of halogens is 1. The molecule has 0 saturated carbocycles. The second-order valence-corrected chi connectivity index (χ2v) is 4.68. The Labute approximate surface area is 120 Å². The molecule has 0 spiro atoms. The Morgan fingerprint density at radius 3 is 2.71 bits per heavy atom. The molecule has 0 fully saturated rings. The Morgan fingerprint density at radius 1 is 1.29 bits per heavy atom. The van der Waals surface area contributed by atoms with Crippen LogP contribution in [0.3, 0.4) is 0 Å². The normalized spacial score (nSPS) is 10.3. The molecule has 6 heteroatoms. The van der Waals surface area contributed by atoms with Crippen LogP contribution in [0.1, 0.15) is 24.5 Å². The van der Waals surface area contributed by atoms with Gasteiger partial charge in [0.1, 0.15) is 5.82 Å². The quantitative estimate of drug-likeness (QED) is 0.855. The van der Waals surface area contributed by atoms with Crippen molar-refractivity contribution in [3.8, 4) is 6.07 Å². The van der Waals surface area contributed by atoms with Crippen LogP contribution in [0.5, 0.6) is 0 Å². The minimum absolute atomic E-state index is 0.0609. The fourth-order valence-corrected chi connectivity index (χ4v) is 2.10. The van der Waals surface area contributed by atoms with E-state index in [4.69, 9.17) is 5.26 Å². The third-order valence-electron chi connectivity index (χ3n) is 3.03. The van der Waals surface area contributed by atoms with Crippen LogP contribution >= 0.6 is 0 Å². The van der Waals surface area contributed by atoms with Gasteiger partial charge in [0.05, 0.1) is 18.2 Å². The number of aryl methyl sites for hydroxylation is 1. The maximum absolute atomic E-state index is 13.4. The number of benzene rings is 1. The molecule has 0 unspecified atom stereocenters. The predicted octanol–water partition coefficient (Wildman–Crippen LogP) is 1.48. The highest BCUT2D eigenvalue weighted by atomic mass is 19.1. The Hall–Kier alpha value is -2.68. The molecule has 21 heavy (non-hydrogen) atoms. The topological polar surface area (TPSA) is 67.8 Å². The molecule has 1 aromatic heterocycles. The summed E-state index contributed by atoms with van der Waals surface area (Å²) in [5.74, 6) is -0.568. The van der Waals surface area contributed by atoms with E-state index in [-0.39, 0.29) is 12.1 Å². The molecular weight excluding hydrogens is 273 g/mol. The van der Waals surface area contributed by atoms with Gasteiger partial charge in [-0.2, -0.15) is 5.26 Å². The third kappa shape index (κ3) is 3.26. The Kier molecular flexibility index (Phi) is 4.33. The van der Waals surface area contributed by atoms with Gasteiger partial charge in [-0.3, -0.25) is 9.36 Å². The molecule has 0 bridgehead atoms. The molecule has 0 aliphatic carbocycles. The van der Waals surface area contributed by atoms with Crippen LogP contribution in [0.4, 0.5) is 4.39 Å². The maximum atomic E-state index is 13.4. The van der Waals surface area contributed by atoms with Crippen molar-refractivity contribution in [2.75, 3.05) is 0 Å². The lowest BCUT2D eigenvalue weighted by Gasteiger charge is -2.09. The number of rotatable bonds is 4. The standard InChI is InChI=1S/C15H14FN3O2/c1-2-4-18-5-3-14(20)19(15(18)21)10-12-6-11(9-17)7-13(16)8-12/h3,5-8H,2,4,10H2,1H3. The second-order valence-electron chi connectivity index (χ2n) is 4.68. The van der Waals surface area contributed by atoms with Crippen molar-refractivity contribution in [3.05, 3.63) is 68.2 Å². The van der Waals surface area contributed by atoms with Gasteiger partial charge in [0.15, 0.2) is 0 Å². The summed E-state index contributed by atoms with van der Waals surface area (Å²) in [6, 6.07) is 6.93. The van der Waals surface area contributed by atoms with Gasteiger partial charge in [0, 0.05) is 18.8 Å². The molecule has 2 aromatic rings. The van der Waals surface area contributed by atoms with Gasteiger partial charge in [0.2, 0.25) is 0 Å². The van der Waals surface area contributed by atoms with Gasteiger partial charge >= 0.3 is 5.69 Å². The van der Waals surface area contributed by atoms with Gasteiger partial charge in [0.25, 0.3) is 5.56 Å². The minimum Gasteiger partial charge on any atom is -0.300 e. The molecule has 1 aromatic carbocycles. The first-order valence-electron chi connectivity index (χ1n) is 6.55. The smallest absolute Gasteiger partial charge is 0.300 e. The van der Waals surface area contributed by atoms with Gasteiger partial charge < -0.3 is 4.57 Å². The fourth-order valence-electron chi connectivity index (χ4n) is 2.10. The Bertz CT molecular complexity index is 815. The molecule has 0 radical (unpaired) electrons. The van der Waals surface area contributed by atoms with E-state index in [1.807, 2.05) is 13.0 Å². The van der Waals surface area contributed by atoms with Crippen LogP contribution < -0.4 is 11.2 Å². The maximum Gasteiger partial charge on any atom is 0.331 e. The van der Waals surface area contributed by atoms with Crippen LogP contribution in [-0.2, 0) is 13.1 Å². The second kappa shape index (κ2) is 6.18. The monoisotopic (exact) mass is 287 g/mol. The Morgan fingerprint density at radius 2 is 2.05 bits per heavy atom. The van der Waals surface area contributed by atoms with Crippen molar-refractivity contribution in [2.24, 2.45) is 0 Å². The summed E-state index contributed by atoms with van der Waals surface area (Å²) in [5, 5.41) is 8.82. The van der Waals surface area contributed by atoms with Gasteiger partial charge in [-0.05, 0) is 30.2 Å². The third-order valence-corrected chi connectivity index (χ3v) is 3.03. The molecular formula is C15H14FN3O2. The summed E-state index contributed by atoms with van der Waals surface area (Å²) in [7, 11) is 0. The van der Waals surface area contributed by atoms with Crippen LogP contribution in [0.15, 0.2) is 40.1 Å². The number of hydrogen-bond donors (Lipinski definition) is 0. The lowest BCUT2D eigenvalue weighted by atomic mass is 10.1. The highest BCUT2D eigenvalue weighted by Crippen LogP contribution is 2.09. The summed E-state index contributed by atoms with van der Waals surface area (Å²) in [4.78, 5) is 24.0. The lowest BCUT2D eigenvalue weighted by Crippen LogP contribution is -2.39. The molecule has 5 nitrogen and oxygen atoms in total. The molecule has 0 atom stereocenters. The van der Waals surface area contributed by atoms with E-state index in [0.29, 0.717) is 12.1 Å². The highest BCUT2D eigenvalue weighted by Gasteiger charge is 2.07. The molecule has 2 rings (SSSR count). The molecule has 0 aliphatic heterocycles. The van der Waals surface area contributed by atoms with E-state index in [1.165, 1.54) is 29.0 Å². The number of aromatic nitrogens is 2. The average molecular weight is 287 g/mol.